The maximum Gasteiger partial charge on any atom is 0.312 e. The molecule has 0 aromatic carbocycles. The summed E-state index contributed by atoms with van der Waals surface area (Å²) in [5.74, 6) is -0.418. The number of unbranched alkanes of at least 4 members (excludes halogenated alkanes) is 1. The van der Waals surface area contributed by atoms with E-state index in [1.165, 1.54) is 0 Å². The lowest BCUT2D eigenvalue weighted by atomic mass is 9.69. The second-order valence-electron chi connectivity index (χ2n) is 5.71. The third-order valence-electron chi connectivity index (χ3n) is 4.50. The van der Waals surface area contributed by atoms with Crippen molar-refractivity contribution in [2.45, 2.75) is 78.4 Å². The first-order valence-corrected chi connectivity index (χ1v) is 8.61. The summed E-state index contributed by atoms with van der Waals surface area (Å²) >= 11 is 0. The van der Waals surface area contributed by atoms with Gasteiger partial charge in [0.1, 0.15) is 0 Å². The van der Waals surface area contributed by atoms with Crippen molar-refractivity contribution >= 4 is 5.97 Å². The Hall–Kier alpha value is -0.610. The summed E-state index contributed by atoms with van der Waals surface area (Å²) < 4.78 is 16.8. The molecule has 124 valence electrons. The van der Waals surface area contributed by atoms with Crippen LogP contribution in [0.5, 0.6) is 0 Å². The van der Waals surface area contributed by atoms with Crippen LogP contribution in [0, 0.1) is 5.41 Å². The van der Waals surface area contributed by atoms with E-state index in [4.69, 9.17) is 14.2 Å². The van der Waals surface area contributed by atoms with Gasteiger partial charge in [0.15, 0.2) is 5.79 Å². The fourth-order valence-electron chi connectivity index (χ4n) is 3.25. The Morgan fingerprint density at radius 2 is 1.62 bits per heavy atom. The Bertz CT molecular complexity index is 298. The largest absolute Gasteiger partial charge is 0.466 e. The van der Waals surface area contributed by atoms with E-state index in [1.54, 1.807) is 0 Å². The maximum atomic E-state index is 12.3. The molecule has 1 saturated heterocycles. The minimum absolute atomic E-state index is 0.0173. The molecule has 1 spiro atoms. The van der Waals surface area contributed by atoms with Crippen LogP contribution < -0.4 is 0 Å². The van der Waals surface area contributed by atoms with Gasteiger partial charge in [-0.25, -0.2) is 0 Å². The van der Waals surface area contributed by atoms with Gasteiger partial charge in [-0.15, -0.1) is 0 Å². The number of rotatable bonds is 5. The molecule has 0 atom stereocenters. The van der Waals surface area contributed by atoms with Crippen molar-refractivity contribution < 1.29 is 19.0 Å². The van der Waals surface area contributed by atoms with E-state index in [0.29, 0.717) is 19.8 Å². The van der Waals surface area contributed by atoms with Crippen LogP contribution in [-0.2, 0) is 19.0 Å². The van der Waals surface area contributed by atoms with Crippen LogP contribution in [0.2, 0.25) is 0 Å². The Morgan fingerprint density at radius 1 is 1.05 bits per heavy atom. The quantitative estimate of drug-likeness (QED) is 0.718. The van der Waals surface area contributed by atoms with Crippen molar-refractivity contribution in [3.63, 3.8) is 0 Å². The van der Waals surface area contributed by atoms with Crippen molar-refractivity contribution in [3.8, 4) is 0 Å². The second-order valence-corrected chi connectivity index (χ2v) is 5.71. The molecule has 0 unspecified atom stereocenters. The molecule has 2 fully saturated rings. The van der Waals surface area contributed by atoms with Gasteiger partial charge < -0.3 is 14.2 Å². The van der Waals surface area contributed by atoms with Gasteiger partial charge in [-0.3, -0.25) is 4.79 Å². The van der Waals surface area contributed by atoms with Crippen LogP contribution >= 0.6 is 0 Å². The number of ether oxygens (including phenoxy) is 3. The summed E-state index contributed by atoms with van der Waals surface area (Å²) in [7, 11) is 0. The van der Waals surface area contributed by atoms with Gasteiger partial charge in [-0.1, -0.05) is 33.6 Å². The van der Waals surface area contributed by atoms with E-state index in [0.717, 1.165) is 44.9 Å². The molecule has 4 nitrogen and oxygen atoms in total. The predicted molar refractivity (Wildman–Crippen MR) is 83.0 cm³/mol. The molecule has 1 saturated carbocycles. The number of hydrogen-bond acceptors (Lipinski definition) is 4. The molecule has 1 aliphatic carbocycles. The van der Waals surface area contributed by atoms with E-state index < -0.39 is 5.79 Å². The molecule has 2 aliphatic rings. The van der Waals surface area contributed by atoms with Crippen molar-refractivity contribution in [2.75, 3.05) is 19.8 Å². The molecular weight excluding hydrogens is 268 g/mol. The third kappa shape index (κ3) is 4.43. The number of hydrogen-bond donors (Lipinski definition) is 0. The molecule has 1 heterocycles. The fraction of sp³-hybridized carbons (Fsp3) is 0.941. The van der Waals surface area contributed by atoms with E-state index in [9.17, 15) is 4.79 Å². The zero-order valence-electron chi connectivity index (χ0n) is 14.2. The minimum atomic E-state index is -0.401. The average Bonchev–Trinajstić information content (AvgIpc) is 2.98. The monoisotopic (exact) mass is 300 g/mol. The highest BCUT2D eigenvalue weighted by atomic mass is 16.7. The first-order valence-electron chi connectivity index (χ1n) is 8.61. The summed E-state index contributed by atoms with van der Waals surface area (Å²) in [6.45, 7) is 9.86. The van der Waals surface area contributed by atoms with E-state index in [2.05, 4.69) is 6.92 Å². The standard InChI is InChI=1S/C15H26O4.C2H6/c1-3-5-6-14(13(16)17-4-2)7-9-15(10-8-14)18-11-12-19-15;1-2/h3-12H2,1-2H3;1-2H3. The summed E-state index contributed by atoms with van der Waals surface area (Å²) in [6.07, 6.45) is 6.40. The molecule has 0 aromatic heterocycles. The maximum absolute atomic E-state index is 12.3. The Kier molecular flexibility index (Phi) is 7.67. The summed E-state index contributed by atoms with van der Waals surface area (Å²) in [6, 6.07) is 0. The molecular formula is C17H32O4. The van der Waals surface area contributed by atoms with Gasteiger partial charge in [0.2, 0.25) is 0 Å². The molecule has 0 radical (unpaired) electrons. The predicted octanol–water partition coefficient (Wildman–Crippen LogP) is 4.07. The van der Waals surface area contributed by atoms with Crippen LogP contribution in [0.1, 0.15) is 72.6 Å². The lowest BCUT2D eigenvalue weighted by molar-refractivity contribution is -0.200. The van der Waals surface area contributed by atoms with Gasteiger partial charge in [-0.05, 0) is 26.2 Å². The normalized spacial score (nSPS) is 22.5. The second kappa shape index (κ2) is 8.74. The van der Waals surface area contributed by atoms with Gasteiger partial charge in [-0.2, -0.15) is 0 Å². The molecule has 0 bridgehead atoms. The molecule has 2 rings (SSSR count). The highest BCUT2D eigenvalue weighted by molar-refractivity contribution is 5.77. The van der Waals surface area contributed by atoms with Crippen molar-refractivity contribution in [1.29, 1.82) is 0 Å². The van der Waals surface area contributed by atoms with Gasteiger partial charge in [0.25, 0.3) is 0 Å². The van der Waals surface area contributed by atoms with Crippen molar-refractivity contribution in [3.05, 3.63) is 0 Å². The fourth-order valence-corrected chi connectivity index (χ4v) is 3.25. The number of carbonyl (C=O) groups is 1. The average molecular weight is 300 g/mol. The number of carbonyl (C=O) groups excluding carboxylic acids is 1. The Labute approximate surface area is 129 Å². The molecule has 0 amide bonds. The highest BCUT2D eigenvalue weighted by Gasteiger charge is 2.50. The zero-order valence-corrected chi connectivity index (χ0v) is 14.2. The Morgan fingerprint density at radius 3 is 2.10 bits per heavy atom. The van der Waals surface area contributed by atoms with Crippen LogP contribution in [0.4, 0.5) is 0 Å². The topological polar surface area (TPSA) is 44.8 Å². The van der Waals surface area contributed by atoms with Gasteiger partial charge in [0.05, 0.1) is 25.2 Å². The summed E-state index contributed by atoms with van der Waals surface area (Å²) in [5, 5.41) is 0. The van der Waals surface area contributed by atoms with Crippen LogP contribution in [0.15, 0.2) is 0 Å². The molecule has 4 heteroatoms. The van der Waals surface area contributed by atoms with Gasteiger partial charge in [0, 0.05) is 12.8 Å². The van der Waals surface area contributed by atoms with Crippen molar-refractivity contribution in [2.24, 2.45) is 5.41 Å². The lowest BCUT2D eigenvalue weighted by Gasteiger charge is -2.42. The number of esters is 1. The lowest BCUT2D eigenvalue weighted by Crippen LogP contribution is -2.44. The van der Waals surface area contributed by atoms with E-state index >= 15 is 0 Å². The highest BCUT2D eigenvalue weighted by Crippen LogP contribution is 2.48. The first kappa shape index (κ1) is 18.4. The first-order chi connectivity index (χ1) is 10.2. The molecule has 21 heavy (non-hydrogen) atoms. The smallest absolute Gasteiger partial charge is 0.312 e. The zero-order chi connectivity index (χ0) is 15.8. The van der Waals surface area contributed by atoms with Gasteiger partial charge >= 0.3 is 5.97 Å². The van der Waals surface area contributed by atoms with Crippen molar-refractivity contribution in [1.82, 2.24) is 0 Å². The molecule has 1 aliphatic heterocycles. The van der Waals surface area contributed by atoms with Crippen LogP contribution in [0.25, 0.3) is 0 Å². The molecule has 0 aromatic rings. The van der Waals surface area contributed by atoms with E-state index in [-0.39, 0.29) is 11.4 Å². The summed E-state index contributed by atoms with van der Waals surface area (Å²) in [5.41, 5.74) is -0.299. The van der Waals surface area contributed by atoms with Crippen LogP contribution in [0.3, 0.4) is 0 Å². The SMILES string of the molecule is CC.CCCCC1(C(=O)OCC)CCC2(CC1)OCCO2. The summed E-state index contributed by atoms with van der Waals surface area (Å²) in [4.78, 5) is 12.3. The van der Waals surface area contributed by atoms with Crippen LogP contribution in [-0.4, -0.2) is 31.6 Å². The van der Waals surface area contributed by atoms with E-state index in [1.807, 2.05) is 20.8 Å². The minimum Gasteiger partial charge on any atom is -0.466 e. The third-order valence-corrected chi connectivity index (χ3v) is 4.50. The molecule has 0 N–H and O–H groups in total. The Balaban J connectivity index is 0.00000106.